The lowest BCUT2D eigenvalue weighted by Gasteiger charge is -2.20. The Kier molecular flexibility index (Phi) is 5.47. The predicted octanol–water partition coefficient (Wildman–Crippen LogP) is 2.62. The number of ketones is 1. The van der Waals surface area contributed by atoms with E-state index in [0.717, 1.165) is 5.75 Å². The van der Waals surface area contributed by atoms with Crippen molar-refractivity contribution in [2.75, 3.05) is 12.4 Å². The second-order valence-corrected chi connectivity index (χ2v) is 4.64. The van der Waals surface area contributed by atoms with Crippen molar-refractivity contribution in [3.63, 3.8) is 0 Å². The van der Waals surface area contributed by atoms with E-state index in [0.29, 0.717) is 25.2 Å². The van der Waals surface area contributed by atoms with Gasteiger partial charge in [-0.1, -0.05) is 19.8 Å². The summed E-state index contributed by atoms with van der Waals surface area (Å²) in [6.07, 6.45) is 5.02. The summed E-state index contributed by atoms with van der Waals surface area (Å²) in [7, 11) is 0. The summed E-state index contributed by atoms with van der Waals surface area (Å²) >= 11 is 1.80. The topological polar surface area (TPSA) is 26.3 Å². The van der Waals surface area contributed by atoms with Gasteiger partial charge in [0.1, 0.15) is 11.2 Å². The first-order chi connectivity index (χ1) is 6.33. The molecule has 1 atom stereocenters. The van der Waals surface area contributed by atoms with Crippen LogP contribution >= 0.6 is 11.8 Å². The zero-order valence-corrected chi connectivity index (χ0v) is 9.07. The van der Waals surface area contributed by atoms with Gasteiger partial charge in [-0.2, -0.15) is 0 Å². The van der Waals surface area contributed by atoms with Crippen LogP contribution in [0, 0.1) is 0 Å². The third-order valence-corrected chi connectivity index (χ3v) is 3.33. The molecule has 1 rings (SSSR count). The fourth-order valence-electron chi connectivity index (χ4n) is 1.32. The Labute approximate surface area is 84.4 Å². The molecule has 0 saturated carbocycles. The largest absolute Gasteiger partial charge is 0.367 e. The first-order valence-corrected chi connectivity index (χ1v) is 6.12. The minimum atomic E-state index is 0.151. The number of hydrogen-bond acceptors (Lipinski definition) is 3. The van der Waals surface area contributed by atoms with Crippen LogP contribution in [0.2, 0.25) is 0 Å². The van der Waals surface area contributed by atoms with Crippen molar-refractivity contribution in [1.29, 1.82) is 0 Å². The van der Waals surface area contributed by atoms with E-state index in [2.05, 4.69) is 6.92 Å². The monoisotopic (exact) mass is 202 g/mol. The summed E-state index contributed by atoms with van der Waals surface area (Å²) in [4.78, 5) is 11.1. The number of unbranched alkanes of at least 4 members (excludes halogenated alkanes) is 2. The standard InChI is InChI=1S/C10H18O2S/c1-2-3-4-7-13-10-8-9(11)5-6-12-10/h10H,2-8H2,1H3. The lowest BCUT2D eigenvalue weighted by Crippen LogP contribution is -2.23. The number of thioether (sulfide) groups is 1. The average molecular weight is 202 g/mol. The van der Waals surface area contributed by atoms with Gasteiger partial charge in [0.05, 0.1) is 6.61 Å². The Morgan fingerprint density at radius 1 is 1.54 bits per heavy atom. The highest BCUT2D eigenvalue weighted by Crippen LogP contribution is 2.22. The Hall–Kier alpha value is -0.0200. The highest BCUT2D eigenvalue weighted by Gasteiger charge is 2.19. The molecule has 0 aliphatic carbocycles. The van der Waals surface area contributed by atoms with Gasteiger partial charge in [-0.3, -0.25) is 4.79 Å². The van der Waals surface area contributed by atoms with Gasteiger partial charge in [-0.15, -0.1) is 11.8 Å². The van der Waals surface area contributed by atoms with Gasteiger partial charge in [0.25, 0.3) is 0 Å². The molecule has 1 fully saturated rings. The Morgan fingerprint density at radius 3 is 3.08 bits per heavy atom. The Morgan fingerprint density at radius 2 is 2.38 bits per heavy atom. The molecule has 13 heavy (non-hydrogen) atoms. The highest BCUT2D eigenvalue weighted by atomic mass is 32.2. The van der Waals surface area contributed by atoms with E-state index >= 15 is 0 Å². The molecule has 0 amide bonds. The van der Waals surface area contributed by atoms with Crippen LogP contribution in [0.4, 0.5) is 0 Å². The first kappa shape index (κ1) is 11.1. The number of carbonyl (C=O) groups excluding carboxylic acids is 1. The normalized spacial score (nSPS) is 23.5. The number of rotatable bonds is 5. The van der Waals surface area contributed by atoms with Crippen LogP contribution in [0.5, 0.6) is 0 Å². The van der Waals surface area contributed by atoms with Crippen LogP contribution < -0.4 is 0 Å². The molecule has 2 nitrogen and oxygen atoms in total. The third-order valence-electron chi connectivity index (χ3n) is 2.13. The molecule has 1 saturated heterocycles. The van der Waals surface area contributed by atoms with E-state index < -0.39 is 0 Å². The van der Waals surface area contributed by atoms with E-state index in [1.54, 1.807) is 11.8 Å². The van der Waals surface area contributed by atoms with Crippen LogP contribution in [-0.4, -0.2) is 23.6 Å². The molecule has 0 aromatic carbocycles. The molecule has 1 aliphatic rings. The maximum atomic E-state index is 11.1. The molecular formula is C10H18O2S. The zero-order chi connectivity index (χ0) is 9.52. The fraction of sp³-hybridized carbons (Fsp3) is 0.900. The van der Waals surface area contributed by atoms with Crippen molar-refractivity contribution >= 4 is 17.5 Å². The molecule has 0 aromatic heterocycles. The second kappa shape index (κ2) is 6.44. The van der Waals surface area contributed by atoms with Crippen LogP contribution in [-0.2, 0) is 9.53 Å². The number of Topliss-reactive ketones (excluding diaryl/α,β-unsaturated/α-hetero) is 1. The van der Waals surface area contributed by atoms with Gasteiger partial charge >= 0.3 is 0 Å². The van der Waals surface area contributed by atoms with Gasteiger partial charge in [-0.05, 0) is 12.2 Å². The Balaban J connectivity index is 2.03. The van der Waals surface area contributed by atoms with Gasteiger partial charge in [0.15, 0.2) is 0 Å². The molecule has 0 spiro atoms. The SMILES string of the molecule is CCCCCSC1CC(=O)CCO1. The number of ether oxygens (including phenoxy) is 1. The quantitative estimate of drug-likeness (QED) is 0.641. The number of hydrogen-bond donors (Lipinski definition) is 0. The maximum Gasteiger partial charge on any atom is 0.138 e. The van der Waals surface area contributed by atoms with E-state index in [1.165, 1.54) is 19.3 Å². The van der Waals surface area contributed by atoms with E-state index in [-0.39, 0.29) is 5.44 Å². The smallest absolute Gasteiger partial charge is 0.138 e. The first-order valence-electron chi connectivity index (χ1n) is 5.08. The van der Waals surface area contributed by atoms with Gasteiger partial charge in [0, 0.05) is 12.8 Å². The molecule has 1 unspecified atom stereocenters. The Bertz CT molecular complexity index is 159. The van der Waals surface area contributed by atoms with Crippen LogP contribution in [0.25, 0.3) is 0 Å². The van der Waals surface area contributed by atoms with Crippen molar-refractivity contribution in [2.24, 2.45) is 0 Å². The fourth-order valence-corrected chi connectivity index (χ4v) is 2.45. The minimum absolute atomic E-state index is 0.151. The minimum Gasteiger partial charge on any atom is -0.367 e. The average Bonchev–Trinajstić information content (AvgIpc) is 2.13. The van der Waals surface area contributed by atoms with Gasteiger partial charge < -0.3 is 4.74 Å². The molecular weight excluding hydrogens is 184 g/mol. The van der Waals surface area contributed by atoms with Crippen LogP contribution in [0.15, 0.2) is 0 Å². The van der Waals surface area contributed by atoms with Crippen molar-refractivity contribution in [3.8, 4) is 0 Å². The zero-order valence-electron chi connectivity index (χ0n) is 8.25. The van der Waals surface area contributed by atoms with Crippen molar-refractivity contribution in [1.82, 2.24) is 0 Å². The van der Waals surface area contributed by atoms with Crippen molar-refractivity contribution < 1.29 is 9.53 Å². The molecule has 0 radical (unpaired) electrons. The molecule has 76 valence electrons. The molecule has 3 heteroatoms. The summed E-state index contributed by atoms with van der Waals surface area (Å²) in [5, 5.41) is 0. The van der Waals surface area contributed by atoms with E-state index in [4.69, 9.17) is 4.74 Å². The van der Waals surface area contributed by atoms with Crippen molar-refractivity contribution in [3.05, 3.63) is 0 Å². The molecule has 1 aliphatic heterocycles. The molecule has 0 N–H and O–H groups in total. The second-order valence-electron chi connectivity index (χ2n) is 3.37. The number of carbonyl (C=O) groups is 1. The lowest BCUT2D eigenvalue weighted by atomic mass is 10.2. The van der Waals surface area contributed by atoms with Gasteiger partial charge in [0.2, 0.25) is 0 Å². The van der Waals surface area contributed by atoms with Crippen molar-refractivity contribution in [2.45, 2.75) is 44.5 Å². The summed E-state index contributed by atoms with van der Waals surface area (Å²) in [5.74, 6) is 1.49. The lowest BCUT2D eigenvalue weighted by molar-refractivity contribution is -0.125. The molecule has 0 aromatic rings. The van der Waals surface area contributed by atoms with E-state index in [1.807, 2.05) is 0 Å². The molecule has 0 bridgehead atoms. The van der Waals surface area contributed by atoms with Crippen LogP contribution in [0.1, 0.15) is 39.0 Å². The summed E-state index contributed by atoms with van der Waals surface area (Å²) < 4.78 is 5.47. The van der Waals surface area contributed by atoms with Crippen LogP contribution in [0.3, 0.4) is 0 Å². The predicted molar refractivity (Wildman–Crippen MR) is 56.0 cm³/mol. The summed E-state index contributed by atoms with van der Waals surface area (Å²) in [6.45, 7) is 2.83. The summed E-state index contributed by atoms with van der Waals surface area (Å²) in [5.41, 5.74) is 0.151. The van der Waals surface area contributed by atoms with E-state index in [9.17, 15) is 4.79 Å². The summed E-state index contributed by atoms with van der Waals surface area (Å²) in [6, 6.07) is 0. The maximum absolute atomic E-state index is 11.1. The molecule has 1 heterocycles. The highest BCUT2D eigenvalue weighted by molar-refractivity contribution is 7.99. The van der Waals surface area contributed by atoms with Gasteiger partial charge in [-0.25, -0.2) is 0 Å². The third kappa shape index (κ3) is 4.67.